The predicted octanol–water partition coefficient (Wildman–Crippen LogP) is 2.41. The van der Waals surface area contributed by atoms with Crippen LogP contribution >= 0.6 is 0 Å². The summed E-state index contributed by atoms with van der Waals surface area (Å²) < 4.78 is 1.85. The number of carbonyl (C=O) groups is 1. The lowest BCUT2D eigenvalue weighted by atomic mass is 10.1. The second-order valence-corrected chi connectivity index (χ2v) is 5.18. The van der Waals surface area contributed by atoms with Crippen molar-refractivity contribution < 1.29 is 9.90 Å². The number of nitrogens with one attached hydrogen (secondary N) is 1. The zero-order valence-corrected chi connectivity index (χ0v) is 12.5. The van der Waals surface area contributed by atoms with Gasteiger partial charge in [0.25, 0.3) is 0 Å². The number of aryl methyl sites for hydroxylation is 2. The number of amides is 1. The number of hydrogen-bond donors (Lipinski definition) is 2. The van der Waals surface area contributed by atoms with Crippen LogP contribution in [0.1, 0.15) is 29.5 Å². The molecule has 0 radical (unpaired) electrons. The van der Waals surface area contributed by atoms with Crippen LogP contribution < -0.4 is 5.32 Å². The molecule has 0 fully saturated rings. The van der Waals surface area contributed by atoms with E-state index in [9.17, 15) is 9.90 Å². The Morgan fingerprint density at radius 2 is 2.19 bits per heavy atom. The zero-order valence-electron chi connectivity index (χ0n) is 12.5. The number of hydrogen-bond acceptors (Lipinski definition) is 3. The van der Waals surface area contributed by atoms with Gasteiger partial charge in [0, 0.05) is 24.8 Å². The molecule has 21 heavy (non-hydrogen) atoms. The second kappa shape index (κ2) is 7.04. The molecule has 1 aromatic heterocycles. The summed E-state index contributed by atoms with van der Waals surface area (Å²) in [5, 5.41) is 16.3. The Morgan fingerprint density at radius 1 is 1.38 bits per heavy atom. The van der Waals surface area contributed by atoms with Gasteiger partial charge in [-0.2, -0.15) is 5.10 Å². The molecule has 0 atom stereocenters. The van der Waals surface area contributed by atoms with Crippen molar-refractivity contribution in [2.45, 2.75) is 39.8 Å². The molecule has 0 saturated heterocycles. The number of aromatic nitrogens is 2. The maximum absolute atomic E-state index is 12.0. The molecule has 2 N–H and O–H groups in total. The van der Waals surface area contributed by atoms with Gasteiger partial charge in [0.2, 0.25) is 5.91 Å². The molecule has 2 rings (SSSR count). The largest absolute Gasteiger partial charge is 0.392 e. The van der Waals surface area contributed by atoms with Gasteiger partial charge in [-0.25, -0.2) is 0 Å². The lowest BCUT2D eigenvalue weighted by Gasteiger charge is -2.11. The number of nitrogens with zero attached hydrogens (tertiary/aromatic N) is 2. The van der Waals surface area contributed by atoms with Crippen LogP contribution in [0.25, 0.3) is 0 Å². The van der Waals surface area contributed by atoms with Crippen LogP contribution in [0, 0.1) is 13.8 Å². The molecule has 2 aromatic rings. The van der Waals surface area contributed by atoms with Crippen LogP contribution in [0.5, 0.6) is 0 Å². The van der Waals surface area contributed by atoms with E-state index in [2.05, 4.69) is 10.4 Å². The van der Waals surface area contributed by atoms with Crippen LogP contribution in [-0.2, 0) is 17.9 Å². The molecule has 1 amide bonds. The first-order chi connectivity index (χ1) is 10.1. The van der Waals surface area contributed by atoms with Crippen molar-refractivity contribution >= 4 is 11.6 Å². The van der Waals surface area contributed by atoms with E-state index < -0.39 is 0 Å². The van der Waals surface area contributed by atoms with Crippen molar-refractivity contribution in [1.29, 1.82) is 0 Å². The fourth-order valence-electron chi connectivity index (χ4n) is 2.19. The summed E-state index contributed by atoms with van der Waals surface area (Å²) in [5.41, 5.74) is 3.63. The van der Waals surface area contributed by atoms with Crippen molar-refractivity contribution in [1.82, 2.24) is 9.78 Å². The van der Waals surface area contributed by atoms with E-state index >= 15 is 0 Å². The van der Waals surface area contributed by atoms with Crippen molar-refractivity contribution in [2.75, 3.05) is 5.32 Å². The van der Waals surface area contributed by atoms with E-state index in [1.807, 2.05) is 49.1 Å². The first-order valence-corrected chi connectivity index (χ1v) is 7.08. The molecule has 1 heterocycles. The highest BCUT2D eigenvalue weighted by atomic mass is 16.3. The lowest BCUT2D eigenvalue weighted by molar-refractivity contribution is -0.116. The summed E-state index contributed by atoms with van der Waals surface area (Å²) in [5.74, 6) is -0.0166. The summed E-state index contributed by atoms with van der Waals surface area (Å²) in [6, 6.07) is 5.54. The molecule has 0 aliphatic carbocycles. The standard InChI is InChI=1S/C16H21N3O2/c1-12-9-17-19(10-12)8-4-7-16(21)18-15-6-3-5-14(11-20)13(15)2/h3,5-6,9-10,20H,4,7-8,11H2,1-2H3,(H,18,21). The van der Waals surface area contributed by atoms with Gasteiger partial charge >= 0.3 is 0 Å². The van der Waals surface area contributed by atoms with Crippen LogP contribution in [-0.4, -0.2) is 20.8 Å². The average Bonchev–Trinajstić information content (AvgIpc) is 2.87. The molecule has 1 aromatic carbocycles. The van der Waals surface area contributed by atoms with E-state index in [1.54, 1.807) is 0 Å². The minimum absolute atomic E-state index is 0.0166. The van der Waals surface area contributed by atoms with Gasteiger partial charge < -0.3 is 10.4 Å². The number of carbonyl (C=O) groups excluding carboxylic acids is 1. The van der Waals surface area contributed by atoms with Gasteiger partial charge in [-0.15, -0.1) is 0 Å². The maximum atomic E-state index is 12.0. The van der Waals surface area contributed by atoms with Gasteiger partial charge in [-0.1, -0.05) is 12.1 Å². The molecule has 5 heteroatoms. The van der Waals surface area contributed by atoms with E-state index in [-0.39, 0.29) is 12.5 Å². The second-order valence-electron chi connectivity index (χ2n) is 5.18. The van der Waals surface area contributed by atoms with Gasteiger partial charge in [0.1, 0.15) is 0 Å². The number of aliphatic hydroxyl groups is 1. The Bertz CT molecular complexity index is 620. The molecule has 5 nitrogen and oxygen atoms in total. The van der Waals surface area contributed by atoms with Crippen LogP contribution in [0.2, 0.25) is 0 Å². The molecule has 0 aliphatic heterocycles. The lowest BCUT2D eigenvalue weighted by Crippen LogP contribution is -2.14. The Labute approximate surface area is 124 Å². The van der Waals surface area contributed by atoms with Gasteiger partial charge in [-0.3, -0.25) is 9.48 Å². The normalized spacial score (nSPS) is 10.6. The fourth-order valence-corrected chi connectivity index (χ4v) is 2.19. The van der Waals surface area contributed by atoms with E-state index in [1.165, 1.54) is 0 Å². The number of aliphatic hydroxyl groups excluding tert-OH is 1. The van der Waals surface area contributed by atoms with Crippen LogP contribution in [0.4, 0.5) is 5.69 Å². The third-order valence-electron chi connectivity index (χ3n) is 3.44. The van der Waals surface area contributed by atoms with E-state index in [4.69, 9.17) is 0 Å². The number of benzene rings is 1. The minimum Gasteiger partial charge on any atom is -0.392 e. The first kappa shape index (κ1) is 15.3. The van der Waals surface area contributed by atoms with Gasteiger partial charge in [-0.05, 0) is 43.0 Å². The Kier molecular flexibility index (Phi) is 5.11. The Balaban J connectivity index is 1.84. The summed E-state index contributed by atoms with van der Waals surface area (Å²) in [4.78, 5) is 12.0. The van der Waals surface area contributed by atoms with Gasteiger partial charge in [0.15, 0.2) is 0 Å². The number of anilines is 1. The van der Waals surface area contributed by atoms with E-state index in [0.717, 1.165) is 35.3 Å². The quantitative estimate of drug-likeness (QED) is 0.857. The number of rotatable bonds is 6. The monoisotopic (exact) mass is 287 g/mol. The van der Waals surface area contributed by atoms with Crippen LogP contribution in [0.15, 0.2) is 30.6 Å². The fraction of sp³-hybridized carbons (Fsp3) is 0.375. The molecule has 0 saturated carbocycles. The van der Waals surface area contributed by atoms with Crippen molar-refractivity contribution in [2.24, 2.45) is 0 Å². The van der Waals surface area contributed by atoms with Gasteiger partial charge in [0.05, 0.1) is 12.8 Å². The highest BCUT2D eigenvalue weighted by molar-refractivity contribution is 5.91. The smallest absolute Gasteiger partial charge is 0.224 e. The summed E-state index contributed by atoms with van der Waals surface area (Å²) in [7, 11) is 0. The SMILES string of the molecule is Cc1cnn(CCCC(=O)Nc2cccc(CO)c2C)c1. The molecular formula is C16H21N3O2. The summed E-state index contributed by atoms with van der Waals surface area (Å²) >= 11 is 0. The van der Waals surface area contributed by atoms with E-state index in [0.29, 0.717) is 6.42 Å². The minimum atomic E-state index is -0.0196. The summed E-state index contributed by atoms with van der Waals surface area (Å²) in [6.45, 7) is 4.60. The first-order valence-electron chi connectivity index (χ1n) is 7.08. The average molecular weight is 287 g/mol. The Hall–Kier alpha value is -2.14. The maximum Gasteiger partial charge on any atom is 0.224 e. The molecule has 0 unspecified atom stereocenters. The zero-order chi connectivity index (χ0) is 15.2. The van der Waals surface area contributed by atoms with Crippen molar-refractivity contribution in [3.8, 4) is 0 Å². The molecule has 112 valence electrons. The van der Waals surface area contributed by atoms with Crippen LogP contribution in [0.3, 0.4) is 0 Å². The molecular weight excluding hydrogens is 266 g/mol. The highest BCUT2D eigenvalue weighted by Gasteiger charge is 2.07. The van der Waals surface area contributed by atoms with Crippen molar-refractivity contribution in [3.63, 3.8) is 0 Å². The van der Waals surface area contributed by atoms with Crippen molar-refractivity contribution in [3.05, 3.63) is 47.3 Å². The molecule has 0 spiro atoms. The molecule has 0 aliphatic rings. The third-order valence-corrected chi connectivity index (χ3v) is 3.44. The Morgan fingerprint density at radius 3 is 2.86 bits per heavy atom. The predicted molar refractivity (Wildman–Crippen MR) is 81.9 cm³/mol. The molecule has 0 bridgehead atoms. The summed E-state index contributed by atoms with van der Waals surface area (Å²) in [6.07, 6.45) is 4.96. The third kappa shape index (κ3) is 4.16. The highest BCUT2D eigenvalue weighted by Crippen LogP contribution is 2.19. The topological polar surface area (TPSA) is 67.2 Å².